The Hall–Kier alpha value is -2.43. The number of nitrogens with zero attached hydrogens (tertiary/aromatic N) is 2. The van der Waals surface area contributed by atoms with Crippen molar-refractivity contribution in [2.45, 2.75) is 6.42 Å². The average Bonchev–Trinajstić information content (AvgIpc) is 2.52. The smallest absolute Gasteiger partial charge is 0.257 e. The molecule has 1 aromatic heterocycles. The maximum absolute atomic E-state index is 13.3. The summed E-state index contributed by atoms with van der Waals surface area (Å²) in [5, 5.41) is 0. The van der Waals surface area contributed by atoms with Gasteiger partial charge in [0.25, 0.3) is 5.91 Å². The number of amides is 1. The predicted molar refractivity (Wildman–Crippen MR) is 77.9 cm³/mol. The topological polar surface area (TPSA) is 42.4 Å². The summed E-state index contributed by atoms with van der Waals surface area (Å²) >= 11 is 0. The molecule has 0 spiro atoms. The van der Waals surface area contributed by atoms with E-state index < -0.39 is 5.82 Å². The Morgan fingerprint density at radius 1 is 1.29 bits per heavy atom. The minimum atomic E-state index is -0.457. The van der Waals surface area contributed by atoms with Crippen molar-refractivity contribution < 1.29 is 13.9 Å². The first kappa shape index (κ1) is 15.0. The molecule has 2 rings (SSSR count). The summed E-state index contributed by atoms with van der Waals surface area (Å²) in [6.45, 7) is 0.530. The number of hydrogen-bond acceptors (Lipinski definition) is 3. The first-order chi connectivity index (χ1) is 10.1. The molecule has 0 saturated carbocycles. The second kappa shape index (κ2) is 6.83. The fourth-order valence-corrected chi connectivity index (χ4v) is 2.00. The first-order valence-electron chi connectivity index (χ1n) is 6.59. The lowest BCUT2D eigenvalue weighted by Gasteiger charge is -2.18. The lowest BCUT2D eigenvalue weighted by atomic mass is 10.1. The second-order valence-corrected chi connectivity index (χ2v) is 4.68. The molecule has 0 radical (unpaired) electrons. The summed E-state index contributed by atoms with van der Waals surface area (Å²) in [5.41, 5.74) is 1.32. The van der Waals surface area contributed by atoms with Crippen molar-refractivity contribution >= 4 is 5.91 Å². The molecule has 0 saturated heterocycles. The van der Waals surface area contributed by atoms with Crippen LogP contribution in [0.1, 0.15) is 15.9 Å². The molecule has 0 aliphatic rings. The number of likely N-dealkylation sites (N-methyl/N-ethyl adjacent to an activating group) is 1. The van der Waals surface area contributed by atoms with Crippen molar-refractivity contribution in [3.8, 4) is 5.75 Å². The minimum Gasteiger partial charge on any atom is -0.496 e. The highest BCUT2D eigenvalue weighted by Gasteiger charge is 2.17. The number of carbonyl (C=O) groups is 1. The normalized spacial score (nSPS) is 10.2. The highest BCUT2D eigenvalue weighted by Crippen LogP contribution is 2.20. The van der Waals surface area contributed by atoms with Crippen molar-refractivity contribution in [2.75, 3.05) is 20.7 Å². The molecule has 5 heteroatoms. The van der Waals surface area contributed by atoms with Crippen molar-refractivity contribution in [3.63, 3.8) is 0 Å². The van der Waals surface area contributed by atoms with Crippen molar-refractivity contribution in [1.82, 2.24) is 9.88 Å². The molecule has 1 aromatic carbocycles. The van der Waals surface area contributed by atoms with E-state index in [9.17, 15) is 9.18 Å². The first-order valence-corrected chi connectivity index (χ1v) is 6.59. The standard InChI is InChI=1S/C16H17FN2O2/c1-19(10-7-12-5-8-18-9-6-12)16(20)14-11-13(17)3-4-15(14)21-2/h3-6,8-9,11H,7,10H2,1-2H3. The Morgan fingerprint density at radius 3 is 2.67 bits per heavy atom. The van der Waals surface area contributed by atoms with E-state index in [1.165, 1.54) is 25.3 Å². The monoisotopic (exact) mass is 288 g/mol. The van der Waals surface area contributed by atoms with Crippen LogP contribution in [0.3, 0.4) is 0 Å². The van der Waals surface area contributed by atoms with Crippen LogP contribution in [0.25, 0.3) is 0 Å². The van der Waals surface area contributed by atoms with E-state index in [-0.39, 0.29) is 11.5 Å². The molecule has 110 valence electrons. The number of halogens is 1. The van der Waals surface area contributed by atoms with Gasteiger partial charge in [0.15, 0.2) is 0 Å². The van der Waals surface area contributed by atoms with Gasteiger partial charge in [0.1, 0.15) is 11.6 Å². The molecule has 0 unspecified atom stereocenters. The van der Waals surface area contributed by atoms with Crippen LogP contribution < -0.4 is 4.74 Å². The number of pyridine rings is 1. The van der Waals surface area contributed by atoms with Gasteiger partial charge in [-0.15, -0.1) is 0 Å². The number of aromatic nitrogens is 1. The molecule has 21 heavy (non-hydrogen) atoms. The van der Waals surface area contributed by atoms with Crippen LogP contribution in [0.4, 0.5) is 4.39 Å². The molecule has 0 atom stereocenters. The van der Waals surface area contributed by atoms with E-state index in [1.54, 1.807) is 24.3 Å². The summed E-state index contributed by atoms with van der Waals surface area (Å²) in [5.74, 6) is -0.348. The minimum absolute atomic E-state index is 0.231. The van der Waals surface area contributed by atoms with Crippen LogP contribution in [0.2, 0.25) is 0 Å². The van der Waals surface area contributed by atoms with Crippen molar-refractivity contribution in [1.29, 1.82) is 0 Å². The summed E-state index contributed by atoms with van der Waals surface area (Å²) in [4.78, 5) is 17.9. The molecule has 0 bridgehead atoms. The zero-order valence-corrected chi connectivity index (χ0v) is 12.0. The van der Waals surface area contributed by atoms with Crippen molar-refractivity contribution in [3.05, 3.63) is 59.7 Å². The zero-order chi connectivity index (χ0) is 15.2. The molecule has 0 aliphatic carbocycles. The lowest BCUT2D eigenvalue weighted by Crippen LogP contribution is -2.29. The number of hydrogen-bond donors (Lipinski definition) is 0. The third-order valence-corrected chi connectivity index (χ3v) is 3.22. The predicted octanol–water partition coefficient (Wildman–Crippen LogP) is 2.54. The van der Waals surface area contributed by atoms with Gasteiger partial charge in [-0.05, 0) is 42.3 Å². The maximum Gasteiger partial charge on any atom is 0.257 e. The number of ether oxygens (including phenoxy) is 1. The largest absolute Gasteiger partial charge is 0.496 e. The maximum atomic E-state index is 13.3. The molecule has 1 heterocycles. The van der Waals surface area contributed by atoms with E-state index in [2.05, 4.69) is 4.98 Å². The second-order valence-electron chi connectivity index (χ2n) is 4.68. The highest BCUT2D eigenvalue weighted by molar-refractivity contribution is 5.96. The lowest BCUT2D eigenvalue weighted by molar-refractivity contribution is 0.0792. The van der Waals surface area contributed by atoms with E-state index in [1.807, 2.05) is 12.1 Å². The van der Waals surface area contributed by atoms with E-state index in [0.29, 0.717) is 18.7 Å². The van der Waals surface area contributed by atoms with Gasteiger partial charge < -0.3 is 9.64 Å². The zero-order valence-electron chi connectivity index (χ0n) is 12.0. The summed E-state index contributed by atoms with van der Waals surface area (Å²) < 4.78 is 18.4. The molecule has 0 aliphatic heterocycles. The Morgan fingerprint density at radius 2 is 2.00 bits per heavy atom. The van der Waals surface area contributed by atoms with Gasteiger partial charge in [-0.3, -0.25) is 9.78 Å². The van der Waals surface area contributed by atoms with Gasteiger partial charge in [0, 0.05) is 26.0 Å². The number of benzene rings is 1. The van der Waals surface area contributed by atoms with E-state index >= 15 is 0 Å². The van der Waals surface area contributed by atoms with Crippen molar-refractivity contribution in [2.24, 2.45) is 0 Å². The SMILES string of the molecule is COc1ccc(F)cc1C(=O)N(C)CCc1ccncc1. The number of methoxy groups -OCH3 is 1. The fourth-order valence-electron chi connectivity index (χ4n) is 2.00. The van der Waals surface area contributed by atoms with Crippen LogP contribution in [-0.4, -0.2) is 36.5 Å². The van der Waals surface area contributed by atoms with Crippen LogP contribution >= 0.6 is 0 Å². The van der Waals surface area contributed by atoms with Gasteiger partial charge in [-0.2, -0.15) is 0 Å². The number of rotatable bonds is 5. The molecule has 4 nitrogen and oxygen atoms in total. The van der Waals surface area contributed by atoms with Gasteiger partial charge in [0.05, 0.1) is 12.7 Å². The number of carbonyl (C=O) groups excluding carboxylic acids is 1. The Balaban J connectivity index is 2.07. The summed E-state index contributed by atoms with van der Waals surface area (Å²) in [6.07, 6.45) is 4.14. The third-order valence-electron chi connectivity index (χ3n) is 3.22. The summed E-state index contributed by atoms with van der Waals surface area (Å²) in [7, 11) is 3.15. The van der Waals surface area contributed by atoms with Gasteiger partial charge in [0.2, 0.25) is 0 Å². The van der Waals surface area contributed by atoms with Gasteiger partial charge in [-0.25, -0.2) is 4.39 Å². The quantitative estimate of drug-likeness (QED) is 0.849. The molecular formula is C16H17FN2O2. The Kier molecular flexibility index (Phi) is 4.87. The molecular weight excluding hydrogens is 271 g/mol. The molecule has 1 amide bonds. The fraction of sp³-hybridized carbons (Fsp3) is 0.250. The average molecular weight is 288 g/mol. The Bertz CT molecular complexity index is 617. The van der Waals surface area contributed by atoms with Gasteiger partial charge >= 0.3 is 0 Å². The van der Waals surface area contributed by atoms with Gasteiger partial charge in [-0.1, -0.05) is 0 Å². The highest BCUT2D eigenvalue weighted by atomic mass is 19.1. The Labute approximate surface area is 123 Å². The van der Waals surface area contributed by atoms with Crippen LogP contribution in [0.5, 0.6) is 5.75 Å². The van der Waals surface area contributed by atoms with E-state index in [0.717, 1.165) is 5.56 Å². The molecule has 2 aromatic rings. The van der Waals surface area contributed by atoms with Crippen LogP contribution in [0, 0.1) is 5.82 Å². The third kappa shape index (κ3) is 3.78. The molecule has 0 fully saturated rings. The van der Waals surface area contributed by atoms with E-state index in [4.69, 9.17) is 4.74 Å². The van der Waals surface area contributed by atoms with Crippen LogP contribution in [0.15, 0.2) is 42.7 Å². The molecule has 0 N–H and O–H groups in total. The summed E-state index contributed by atoms with van der Waals surface area (Å²) in [6, 6.07) is 7.73. The van der Waals surface area contributed by atoms with Crippen LogP contribution in [-0.2, 0) is 6.42 Å².